The fourth-order valence-corrected chi connectivity index (χ4v) is 6.59. The zero-order chi connectivity index (χ0) is 35.7. The second kappa shape index (κ2) is 14.1. The van der Waals surface area contributed by atoms with Crippen LogP contribution in [0.1, 0.15) is 40.1 Å². The summed E-state index contributed by atoms with van der Waals surface area (Å²) in [4.78, 5) is 51.0. The van der Waals surface area contributed by atoms with Crippen LogP contribution in [-0.2, 0) is 20.0 Å². The van der Waals surface area contributed by atoms with Crippen molar-refractivity contribution >= 4 is 41.3 Å². The monoisotopic (exact) mass is 734 g/mol. The standard InChI is InChI=1S/C30H25ClF6N4O7S/c1-16(29(32,33)34)39-14-41(23-18-6-2-3-8-21(18)49-13-17-5-4-7-19(31)22(17)23)40-11-9-20(42)25(24(40)26(39)43)47-15-48-28(45)46-12-10-38-27(44)30(35,36)37/h2-9,11,16,23H,10,12-15H2,1H3,(H,38,44)/t16-,23-/m1/s1. The summed E-state index contributed by atoms with van der Waals surface area (Å²) in [5, 5.41) is 3.24. The van der Waals surface area contributed by atoms with Gasteiger partial charge in [0.25, 0.3) is 5.91 Å². The van der Waals surface area contributed by atoms with E-state index in [0.29, 0.717) is 26.8 Å². The van der Waals surface area contributed by atoms with Crippen LogP contribution in [0.4, 0.5) is 31.1 Å². The van der Waals surface area contributed by atoms with Crippen molar-refractivity contribution in [2.75, 3.05) is 31.6 Å². The van der Waals surface area contributed by atoms with Gasteiger partial charge < -0.3 is 24.4 Å². The Kier molecular flexibility index (Phi) is 10.3. The smallest absolute Gasteiger partial charge is 0.451 e. The number of fused-ring (bicyclic) bond motifs is 3. The fourth-order valence-electron chi connectivity index (χ4n) is 5.21. The molecule has 3 aromatic rings. The summed E-state index contributed by atoms with van der Waals surface area (Å²) in [7, 11) is 0. The first-order valence-electron chi connectivity index (χ1n) is 14.3. The first kappa shape index (κ1) is 35.7. The van der Waals surface area contributed by atoms with Crippen molar-refractivity contribution in [3.8, 4) is 5.75 Å². The van der Waals surface area contributed by atoms with E-state index in [1.807, 2.05) is 12.1 Å². The van der Waals surface area contributed by atoms with Crippen molar-refractivity contribution in [3.63, 3.8) is 0 Å². The number of nitrogens with zero attached hydrogens (tertiary/aromatic N) is 3. The largest absolute Gasteiger partial charge is 0.511 e. The number of amides is 2. The summed E-state index contributed by atoms with van der Waals surface area (Å²) in [5.41, 5.74) is 0.473. The van der Waals surface area contributed by atoms with Crippen LogP contribution in [-0.4, -0.2) is 72.6 Å². The second-order valence-corrected chi connectivity index (χ2v) is 12.0. The molecule has 2 aromatic carbocycles. The van der Waals surface area contributed by atoms with Crippen molar-refractivity contribution in [2.24, 2.45) is 0 Å². The van der Waals surface area contributed by atoms with E-state index < -0.39 is 85.9 Å². The number of ether oxygens (including phenoxy) is 3. The molecule has 11 nitrogen and oxygen atoms in total. The first-order valence-corrected chi connectivity index (χ1v) is 15.6. The molecule has 0 fully saturated rings. The molecular formula is C30H25ClF6N4O7S. The number of aromatic nitrogens is 1. The highest BCUT2D eigenvalue weighted by Crippen LogP contribution is 2.45. The van der Waals surface area contributed by atoms with E-state index in [4.69, 9.17) is 21.1 Å². The van der Waals surface area contributed by atoms with Crippen LogP contribution < -0.4 is 20.5 Å². The Morgan fingerprint density at radius 3 is 2.49 bits per heavy atom. The van der Waals surface area contributed by atoms with Gasteiger partial charge in [-0.05, 0) is 30.2 Å². The van der Waals surface area contributed by atoms with Crippen molar-refractivity contribution in [3.05, 3.63) is 92.4 Å². The number of halogens is 7. The third-order valence-electron chi connectivity index (χ3n) is 7.57. The summed E-state index contributed by atoms with van der Waals surface area (Å²) in [6.45, 7) is -2.33. The maximum atomic E-state index is 14.2. The number of carbonyl (C=O) groups is 3. The molecule has 2 aliphatic heterocycles. The summed E-state index contributed by atoms with van der Waals surface area (Å²) in [6, 6.07) is 10.2. The van der Waals surface area contributed by atoms with Gasteiger partial charge in [-0.1, -0.05) is 41.9 Å². The zero-order valence-electron chi connectivity index (χ0n) is 25.1. The fraction of sp³-hybridized carbons (Fsp3) is 0.333. The Balaban J connectivity index is 1.50. The van der Waals surface area contributed by atoms with Gasteiger partial charge in [0.1, 0.15) is 25.4 Å². The molecule has 262 valence electrons. The lowest BCUT2D eigenvalue weighted by Gasteiger charge is -2.46. The van der Waals surface area contributed by atoms with E-state index >= 15 is 0 Å². The maximum Gasteiger partial charge on any atom is 0.511 e. The predicted octanol–water partition coefficient (Wildman–Crippen LogP) is 5.37. The number of alkyl halides is 6. The SMILES string of the molecule is C[C@@H](N1CN([C@@H]2c3ccccc3SCc3cccc(Cl)c32)n2ccc(=O)c(OCOC(=O)OCCNC(=O)C(F)(F)F)c2C1=O)C(F)(F)F. The summed E-state index contributed by atoms with van der Waals surface area (Å²) in [5.74, 6) is -3.75. The van der Waals surface area contributed by atoms with Gasteiger partial charge in [-0.2, -0.15) is 26.3 Å². The molecule has 0 aliphatic carbocycles. The average molecular weight is 735 g/mol. The number of hydrogen-bond donors (Lipinski definition) is 1. The highest BCUT2D eigenvalue weighted by Gasteiger charge is 2.48. The number of thioether (sulfide) groups is 1. The number of nitrogens with one attached hydrogen (secondary N) is 1. The first-order chi connectivity index (χ1) is 23.1. The Morgan fingerprint density at radius 2 is 1.78 bits per heavy atom. The van der Waals surface area contributed by atoms with E-state index in [0.717, 1.165) is 23.4 Å². The van der Waals surface area contributed by atoms with Gasteiger partial charge in [0.15, 0.2) is 5.69 Å². The molecule has 0 bridgehead atoms. The quantitative estimate of drug-likeness (QED) is 0.141. The minimum Gasteiger partial charge on any atom is -0.451 e. The highest BCUT2D eigenvalue weighted by atomic mass is 35.5. The van der Waals surface area contributed by atoms with E-state index in [1.165, 1.54) is 33.0 Å². The maximum absolute atomic E-state index is 14.2. The molecule has 0 unspecified atom stereocenters. The molecular weight excluding hydrogens is 710 g/mol. The molecule has 0 saturated carbocycles. The summed E-state index contributed by atoms with van der Waals surface area (Å²) >= 11 is 8.24. The zero-order valence-corrected chi connectivity index (χ0v) is 26.7. The van der Waals surface area contributed by atoms with Gasteiger partial charge in [-0.25, -0.2) is 4.79 Å². The van der Waals surface area contributed by atoms with E-state index in [9.17, 15) is 45.5 Å². The number of benzene rings is 2. The summed E-state index contributed by atoms with van der Waals surface area (Å²) in [6.07, 6.45) is -10.3. The average Bonchev–Trinajstić information content (AvgIpc) is 3.21. The number of rotatable bonds is 8. The lowest BCUT2D eigenvalue weighted by molar-refractivity contribution is -0.173. The van der Waals surface area contributed by atoms with Gasteiger partial charge >= 0.3 is 24.4 Å². The molecule has 0 spiro atoms. The topological polar surface area (TPSA) is 119 Å². The molecule has 19 heteroatoms. The van der Waals surface area contributed by atoms with Crippen molar-refractivity contribution in [2.45, 2.75) is 42.0 Å². The lowest BCUT2D eigenvalue weighted by atomic mass is 9.94. The van der Waals surface area contributed by atoms with Gasteiger partial charge in [0.05, 0.1) is 6.54 Å². The van der Waals surface area contributed by atoms with Crippen LogP contribution in [0.2, 0.25) is 5.02 Å². The van der Waals surface area contributed by atoms with Crippen molar-refractivity contribution in [1.29, 1.82) is 0 Å². The van der Waals surface area contributed by atoms with Gasteiger partial charge in [0, 0.05) is 33.5 Å². The molecule has 49 heavy (non-hydrogen) atoms. The molecule has 1 N–H and O–H groups in total. The molecule has 0 radical (unpaired) electrons. The van der Waals surface area contributed by atoms with Crippen LogP contribution in [0.15, 0.2) is 64.4 Å². The van der Waals surface area contributed by atoms with E-state index in [-0.39, 0.29) is 0 Å². The number of pyridine rings is 1. The molecule has 1 aromatic heterocycles. The van der Waals surface area contributed by atoms with E-state index in [2.05, 4.69) is 4.74 Å². The molecule has 2 amide bonds. The Hall–Kier alpha value is -4.58. The minimum absolute atomic E-state index is 0.316. The van der Waals surface area contributed by atoms with Gasteiger partial charge in [-0.15, -0.1) is 11.8 Å². The van der Waals surface area contributed by atoms with Crippen molar-refractivity contribution in [1.82, 2.24) is 14.9 Å². The summed E-state index contributed by atoms with van der Waals surface area (Å²) < 4.78 is 95.2. The second-order valence-electron chi connectivity index (χ2n) is 10.6. The normalized spacial score (nSPS) is 16.5. The molecule has 3 heterocycles. The molecule has 2 aliphatic rings. The van der Waals surface area contributed by atoms with Crippen LogP contribution in [0, 0.1) is 0 Å². The Labute approximate surface area is 282 Å². The van der Waals surface area contributed by atoms with Gasteiger partial charge in [-0.3, -0.25) is 24.1 Å². The van der Waals surface area contributed by atoms with Crippen LogP contribution in [0.3, 0.4) is 0 Å². The van der Waals surface area contributed by atoms with Crippen LogP contribution >= 0.6 is 23.4 Å². The predicted molar refractivity (Wildman–Crippen MR) is 162 cm³/mol. The Bertz CT molecular complexity index is 1820. The van der Waals surface area contributed by atoms with Crippen LogP contribution in [0.5, 0.6) is 5.75 Å². The number of hydrogen-bond acceptors (Lipinski definition) is 9. The van der Waals surface area contributed by atoms with Crippen LogP contribution in [0.25, 0.3) is 0 Å². The highest BCUT2D eigenvalue weighted by molar-refractivity contribution is 7.98. The Morgan fingerprint density at radius 1 is 1.04 bits per heavy atom. The van der Waals surface area contributed by atoms with Crippen molar-refractivity contribution < 1.29 is 54.9 Å². The third-order valence-corrected chi connectivity index (χ3v) is 9.04. The molecule has 0 saturated heterocycles. The minimum atomic E-state index is -5.15. The lowest BCUT2D eigenvalue weighted by Crippen LogP contribution is -2.60. The third kappa shape index (κ3) is 7.54. The molecule has 2 atom stereocenters. The number of carbonyl (C=O) groups excluding carboxylic acids is 3. The molecule has 5 rings (SSSR count). The van der Waals surface area contributed by atoms with Gasteiger partial charge in [0.2, 0.25) is 18.0 Å². The van der Waals surface area contributed by atoms with E-state index in [1.54, 1.807) is 30.3 Å².